The zero-order valence-corrected chi connectivity index (χ0v) is 10.3. The second-order valence-corrected chi connectivity index (χ2v) is 4.88. The molecule has 84 valence electrons. The lowest BCUT2D eigenvalue weighted by Crippen LogP contribution is -2.31. The first-order valence-electron chi connectivity index (χ1n) is 5.30. The highest BCUT2D eigenvalue weighted by molar-refractivity contribution is 7.10. The summed E-state index contributed by atoms with van der Waals surface area (Å²) in [6.45, 7) is 4.08. The molecule has 4 heteroatoms. The van der Waals surface area contributed by atoms with Crippen molar-refractivity contribution in [2.45, 2.75) is 25.8 Å². The standard InChI is InChI=1S/C12H15N3S/c1-3-12(2,13)11-15-10(8-16-11)9-6-4-5-7-14-9/h4-8H,3,13H2,1-2H3. The van der Waals surface area contributed by atoms with Gasteiger partial charge in [-0.25, -0.2) is 4.98 Å². The van der Waals surface area contributed by atoms with Crippen LogP contribution < -0.4 is 5.73 Å². The Morgan fingerprint density at radius 3 is 2.81 bits per heavy atom. The summed E-state index contributed by atoms with van der Waals surface area (Å²) in [5, 5.41) is 2.98. The van der Waals surface area contributed by atoms with E-state index in [2.05, 4.69) is 16.9 Å². The highest BCUT2D eigenvalue weighted by Crippen LogP contribution is 2.28. The Labute approximate surface area is 99.4 Å². The van der Waals surface area contributed by atoms with E-state index in [9.17, 15) is 0 Å². The van der Waals surface area contributed by atoms with E-state index in [0.717, 1.165) is 22.8 Å². The Morgan fingerprint density at radius 1 is 1.38 bits per heavy atom. The van der Waals surface area contributed by atoms with E-state index in [1.54, 1.807) is 17.5 Å². The van der Waals surface area contributed by atoms with Crippen molar-refractivity contribution < 1.29 is 0 Å². The van der Waals surface area contributed by atoms with Crippen molar-refractivity contribution in [2.24, 2.45) is 5.73 Å². The Hall–Kier alpha value is -1.26. The monoisotopic (exact) mass is 233 g/mol. The highest BCUT2D eigenvalue weighted by atomic mass is 32.1. The lowest BCUT2D eigenvalue weighted by Gasteiger charge is -2.18. The lowest BCUT2D eigenvalue weighted by atomic mass is 10.0. The SMILES string of the molecule is CCC(C)(N)c1nc(-c2ccccn2)cs1. The van der Waals surface area contributed by atoms with E-state index >= 15 is 0 Å². The summed E-state index contributed by atoms with van der Waals surface area (Å²) >= 11 is 1.60. The van der Waals surface area contributed by atoms with Gasteiger partial charge in [0.2, 0.25) is 0 Å². The molecule has 3 nitrogen and oxygen atoms in total. The third kappa shape index (κ3) is 2.13. The number of nitrogens with two attached hydrogens (primary N) is 1. The Morgan fingerprint density at radius 2 is 2.19 bits per heavy atom. The molecule has 0 saturated heterocycles. The molecule has 2 N–H and O–H groups in total. The fourth-order valence-corrected chi connectivity index (χ4v) is 2.28. The molecule has 2 rings (SSSR count). The van der Waals surface area contributed by atoms with Crippen LogP contribution in [-0.4, -0.2) is 9.97 Å². The molecule has 0 bridgehead atoms. The van der Waals surface area contributed by atoms with Gasteiger partial charge in [0, 0.05) is 11.6 Å². The summed E-state index contributed by atoms with van der Waals surface area (Å²) in [4.78, 5) is 8.83. The summed E-state index contributed by atoms with van der Waals surface area (Å²) in [5.41, 5.74) is 7.63. The smallest absolute Gasteiger partial charge is 0.113 e. The number of thiazole rings is 1. The first kappa shape index (κ1) is 11.2. The van der Waals surface area contributed by atoms with Crippen LogP contribution in [0.1, 0.15) is 25.3 Å². The Bertz CT molecular complexity index is 462. The van der Waals surface area contributed by atoms with Crippen molar-refractivity contribution in [1.29, 1.82) is 0 Å². The van der Waals surface area contributed by atoms with Gasteiger partial charge >= 0.3 is 0 Å². The normalized spacial score (nSPS) is 14.7. The molecule has 0 spiro atoms. The Kier molecular flexibility index (Phi) is 3.03. The van der Waals surface area contributed by atoms with Crippen LogP contribution >= 0.6 is 11.3 Å². The molecule has 2 heterocycles. The number of hydrogen-bond acceptors (Lipinski definition) is 4. The van der Waals surface area contributed by atoms with Crippen LogP contribution in [0.2, 0.25) is 0 Å². The predicted octanol–water partition coefficient (Wildman–Crippen LogP) is 2.79. The molecule has 0 saturated carbocycles. The van der Waals surface area contributed by atoms with Gasteiger partial charge in [0.1, 0.15) is 5.01 Å². The van der Waals surface area contributed by atoms with Gasteiger partial charge in [0.15, 0.2) is 0 Å². The van der Waals surface area contributed by atoms with Crippen molar-refractivity contribution in [3.8, 4) is 11.4 Å². The molecule has 2 aromatic rings. The van der Waals surface area contributed by atoms with Gasteiger partial charge in [-0.05, 0) is 25.5 Å². The van der Waals surface area contributed by atoms with E-state index in [1.165, 1.54) is 0 Å². The summed E-state index contributed by atoms with van der Waals surface area (Å²) in [5.74, 6) is 0. The molecule has 2 aromatic heterocycles. The minimum atomic E-state index is -0.336. The van der Waals surface area contributed by atoms with Crippen LogP contribution in [0.25, 0.3) is 11.4 Å². The first-order valence-corrected chi connectivity index (χ1v) is 6.18. The van der Waals surface area contributed by atoms with Gasteiger partial charge in [-0.15, -0.1) is 11.3 Å². The predicted molar refractivity (Wildman–Crippen MR) is 67.2 cm³/mol. The minimum Gasteiger partial charge on any atom is -0.320 e. The largest absolute Gasteiger partial charge is 0.320 e. The molecule has 0 aromatic carbocycles. The molecule has 1 atom stereocenters. The topological polar surface area (TPSA) is 51.8 Å². The summed E-state index contributed by atoms with van der Waals surface area (Å²) < 4.78 is 0. The third-order valence-corrected chi connectivity index (χ3v) is 3.78. The lowest BCUT2D eigenvalue weighted by molar-refractivity contribution is 0.474. The van der Waals surface area contributed by atoms with E-state index in [1.807, 2.05) is 30.5 Å². The number of rotatable bonds is 3. The number of nitrogens with zero attached hydrogens (tertiary/aromatic N) is 2. The van der Waals surface area contributed by atoms with Crippen LogP contribution in [0.3, 0.4) is 0 Å². The molecule has 0 aliphatic heterocycles. The fraction of sp³-hybridized carbons (Fsp3) is 0.333. The maximum atomic E-state index is 6.16. The van der Waals surface area contributed by atoms with Crippen LogP contribution in [-0.2, 0) is 5.54 Å². The van der Waals surface area contributed by atoms with Gasteiger partial charge in [-0.1, -0.05) is 13.0 Å². The number of pyridine rings is 1. The van der Waals surface area contributed by atoms with Crippen LogP contribution in [0, 0.1) is 0 Å². The minimum absolute atomic E-state index is 0.336. The molecular weight excluding hydrogens is 218 g/mol. The van der Waals surface area contributed by atoms with Gasteiger partial charge in [-0.3, -0.25) is 4.98 Å². The zero-order chi connectivity index (χ0) is 11.6. The number of hydrogen-bond donors (Lipinski definition) is 1. The molecule has 0 fully saturated rings. The van der Waals surface area contributed by atoms with Crippen molar-refractivity contribution in [1.82, 2.24) is 9.97 Å². The molecule has 16 heavy (non-hydrogen) atoms. The van der Waals surface area contributed by atoms with Crippen molar-refractivity contribution >= 4 is 11.3 Å². The molecule has 0 aliphatic rings. The second kappa shape index (κ2) is 4.31. The van der Waals surface area contributed by atoms with Gasteiger partial charge in [-0.2, -0.15) is 0 Å². The maximum absolute atomic E-state index is 6.16. The van der Waals surface area contributed by atoms with Crippen molar-refractivity contribution in [3.63, 3.8) is 0 Å². The summed E-state index contributed by atoms with van der Waals surface area (Å²) in [6.07, 6.45) is 2.65. The summed E-state index contributed by atoms with van der Waals surface area (Å²) in [7, 11) is 0. The second-order valence-electron chi connectivity index (χ2n) is 4.02. The van der Waals surface area contributed by atoms with E-state index in [-0.39, 0.29) is 5.54 Å². The van der Waals surface area contributed by atoms with Gasteiger partial charge < -0.3 is 5.73 Å². The highest BCUT2D eigenvalue weighted by Gasteiger charge is 2.22. The van der Waals surface area contributed by atoms with Gasteiger partial charge in [0.25, 0.3) is 0 Å². The molecule has 0 radical (unpaired) electrons. The van der Waals surface area contributed by atoms with Gasteiger partial charge in [0.05, 0.1) is 16.9 Å². The summed E-state index contributed by atoms with van der Waals surface area (Å²) in [6, 6.07) is 5.82. The average molecular weight is 233 g/mol. The van der Waals surface area contributed by atoms with E-state index < -0.39 is 0 Å². The Balaban J connectivity index is 2.34. The fourth-order valence-electron chi connectivity index (χ4n) is 1.32. The van der Waals surface area contributed by atoms with Crippen molar-refractivity contribution in [3.05, 3.63) is 34.8 Å². The van der Waals surface area contributed by atoms with E-state index in [0.29, 0.717) is 0 Å². The number of aromatic nitrogens is 2. The quantitative estimate of drug-likeness (QED) is 0.887. The maximum Gasteiger partial charge on any atom is 0.113 e. The molecule has 1 unspecified atom stereocenters. The first-order chi connectivity index (χ1) is 7.63. The van der Waals surface area contributed by atoms with Crippen LogP contribution in [0.5, 0.6) is 0 Å². The van der Waals surface area contributed by atoms with Crippen LogP contribution in [0.15, 0.2) is 29.8 Å². The average Bonchev–Trinajstić information content (AvgIpc) is 2.80. The van der Waals surface area contributed by atoms with E-state index in [4.69, 9.17) is 5.73 Å². The van der Waals surface area contributed by atoms with Crippen LogP contribution in [0.4, 0.5) is 0 Å². The molecule has 0 aliphatic carbocycles. The van der Waals surface area contributed by atoms with Crippen molar-refractivity contribution in [2.75, 3.05) is 0 Å². The zero-order valence-electron chi connectivity index (χ0n) is 9.47. The third-order valence-electron chi connectivity index (χ3n) is 2.65. The molecular formula is C12H15N3S. The molecule has 0 amide bonds.